The molecule has 0 spiro atoms. The van der Waals surface area contributed by atoms with Crippen LogP contribution in [0.5, 0.6) is 0 Å². The molecule has 5 nitrogen and oxygen atoms in total. The number of hydrogen-bond acceptors (Lipinski definition) is 2. The van der Waals surface area contributed by atoms with E-state index in [1.54, 1.807) is 0 Å². The molecule has 156 valence electrons. The maximum Gasteiger partial charge on any atom is 0.275 e. The fraction of sp³-hybridized carbons (Fsp3) is 0.364. The van der Waals surface area contributed by atoms with Crippen LogP contribution in [0.25, 0.3) is 0 Å². The number of quaternary nitrogens is 1. The predicted octanol–water partition coefficient (Wildman–Crippen LogP) is 2.54. The van der Waals surface area contributed by atoms with E-state index < -0.39 is 17.5 Å². The number of aryl methyl sites for hydroxylation is 1. The van der Waals surface area contributed by atoms with E-state index >= 15 is 0 Å². The Morgan fingerprint density at radius 3 is 2.28 bits per heavy atom. The third-order valence-electron chi connectivity index (χ3n) is 4.70. The Morgan fingerprint density at radius 1 is 1.00 bits per heavy atom. The van der Waals surface area contributed by atoms with E-state index in [0.717, 1.165) is 24.1 Å². The van der Waals surface area contributed by atoms with E-state index in [0.29, 0.717) is 5.92 Å². The van der Waals surface area contributed by atoms with Crippen molar-refractivity contribution in [3.8, 4) is 0 Å². The van der Waals surface area contributed by atoms with Crippen molar-refractivity contribution in [2.24, 2.45) is 5.92 Å². The SMILES string of the molecule is CCc1ccc([C@H]([NH2+]CC(=O)NCC(=O)Nc2ccc(F)c(F)c2)C(C)C)cc1. The first kappa shape index (κ1) is 22.5. The number of benzene rings is 2. The van der Waals surface area contributed by atoms with Gasteiger partial charge in [-0.25, -0.2) is 8.78 Å². The van der Waals surface area contributed by atoms with E-state index in [4.69, 9.17) is 0 Å². The van der Waals surface area contributed by atoms with E-state index in [9.17, 15) is 18.4 Å². The van der Waals surface area contributed by atoms with Gasteiger partial charge in [0.25, 0.3) is 5.91 Å². The Kier molecular flexibility index (Phi) is 8.27. The zero-order chi connectivity index (χ0) is 21.4. The highest BCUT2D eigenvalue weighted by molar-refractivity contribution is 5.94. The van der Waals surface area contributed by atoms with Gasteiger partial charge in [-0.3, -0.25) is 9.59 Å². The van der Waals surface area contributed by atoms with Crippen LogP contribution >= 0.6 is 0 Å². The smallest absolute Gasteiger partial charge is 0.275 e. The van der Waals surface area contributed by atoms with Crippen molar-refractivity contribution in [2.45, 2.75) is 33.2 Å². The zero-order valence-electron chi connectivity index (χ0n) is 17.0. The number of carbonyl (C=O) groups is 2. The summed E-state index contributed by atoms with van der Waals surface area (Å²) in [5.41, 5.74) is 2.55. The number of amides is 2. The van der Waals surface area contributed by atoms with Crippen LogP contribution in [-0.2, 0) is 16.0 Å². The van der Waals surface area contributed by atoms with Gasteiger partial charge < -0.3 is 16.0 Å². The largest absolute Gasteiger partial charge is 0.342 e. The lowest BCUT2D eigenvalue weighted by molar-refractivity contribution is -0.692. The number of anilines is 1. The molecular formula is C22H28F2N3O2+. The summed E-state index contributed by atoms with van der Waals surface area (Å²) in [6, 6.07) is 11.6. The molecule has 2 aromatic carbocycles. The minimum Gasteiger partial charge on any atom is -0.342 e. The molecule has 0 aromatic heterocycles. The monoisotopic (exact) mass is 404 g/mol. The topological polar surface area (TPSA) is 74.8 Å². The molecule has 0 saturated carbocycles. The average molecular weight is 404 g/mol. The Labute approximate surface area is 169 Å². The molecular weight excluding hydrogens is 376 g/mol. The Balaban J connectivity index is 1.82. The third-order valence-corrected chi connectivity index (χ3v) is 4.70. The number of carbonyl (C=O) groups excluding carboxylic acids is 2. The second-order valence-corrected chi connectivity index (χ2v) is 7.26. The van der Waals surface area contributed by atoms with Crippen molar-refractivity contribution in [3.63, 3.8) is 0 Å². The molecule has 0 radical (unpaired) electrons. The molecule has 0 saturated heterocycles. The van der Waals surface area contributed by atoms with Gasteiger partial charge in [-0.05, 0) is 24.1 Å². The molecule has 1 atom stereocenters. The first-order chi connectivity index (χ1) is 13.8. The predicted molar refractivity (Wildman–Crippen MR) is 108 cm³/mol. The fourth-order valence-electron chi connectivity index (χ4n) is 3.03. The average Bonchev–Trinajstić information content (AvgIpc) is 2.69. The van der Waals surface area contributed by atoms with Crippen molar-refractivity contribution in [2.75, 3.05) is 18.4 Å². The van der Waals surface area contributed by atoms with E-state index in [1.807, 2.05) is 5.32 Å². The lowest BCUT2D eigenvalue weighted by atomic mass is 9.95. The van der Waals surface area contributed by atoms with E-state index in [1.165, 1.54) is 11.6 Å². The summed E-state index contributed by atoms with van der Waals surface area (Å²) in [5.74, 6) is -2.50. The molecule has 4 N–H and O–H groups in total. The number of rotatable bonds is 9. The molecule has 0 aliphatic carbocycles. The quantitative estimate of drug-likeness (QED) is 0.601. The Morgan fingerprint density at radius 2 is 1.69 bits per heavy atom. The van der Waals surface area contributed by atoms with Gasteiger partial charge in [-0.15, -0.1) is 0 Å². The number of nitrogens with two attached hydrogens (primary N) is 1. The second kappa shape index (κ2) is 10.7. The lowest BCUT2D eigenvalue weighted by Crippen LogP contribution is -2.88. The van der Waals surface area contributed by atoms with Crippen molar-refractivity contribution in [1.29, 1.82) is 0 Å². The molecule has 0 aliphatic heterocycles. The van der Waals surface area contributed by atoms with Gasteiger partial charge in [0.05, 0.1) is 6.54 Å². The Bertz CT molecular complexity index is 838. The van der Waals surface area contributed by atoms with Crippen LogP contribution in [0.3, 0.4) is 0 Å². The third kappa shape index (κ3) is 6.94. The van der Waals surface area contributed by atoms with E-state index in [2.05, 4.69) is 55.7 Å². The molecule has 0 heterocycles. The number of hydrogen-bond donors (Lipinski definition) is 3. The molecule has 29 heavy (non-hydrogen) atoms. The van der Waals surface area contributed by atoms with Crippen molar-refractivity contribution in [1.82, 2.24) is 5.32 Å². The summed E-state index contributed by atoms with van der Waals surface area (Å²) in [6.07, 6.45) is 0.978. The zero-order valence-corrected chi connectivity index (χ0v) is 17.0. The summed E-state index contributed by atoms with van der Waals surface area (Å²) < 4.78 is 26.1. The van der Waals surface area contributed by atoms with Crippen LogP contribution in [-0.4, -0.2) is 24.9 Å². The number of nitrogens with one attached hydrogen (secondary N) is 2. The molecule has 7 heteroatoms. The van der Waals surface area contributed by atoms with Gasteiger partial charge in [0.2, 0.25) is 5.91 Å². The highest BCUT2D eigenvalue weighted by Crippen LogP contribution is 2.18. The minimum atomic E-state index is -1.05. The van der Waals surface area contributed by atoms with Crippen LogP contribution in [0.15, 0.2) is 42.5 Å². The molecule has 0 unspecified atom stereocenters. The van der Waals surface area contributed by atoms with Crippen LogP contribution in [0.2, 0.25) is 0 Å². The maximum atomic E-state index is 13.2. The van der Waals surface area contributed by atoms with Crippen molar-refractivity contribution in [3.05, 3.63) is 65.2 Å². The standard InChI is InChI=1S/C22H27F2N3O2/c1-4-15-5-7-16(8-6-15)22(14(2)3)26-12-20(28)25-13-21(29)27-17-9-10-18(23)19(24)11-17/h5-11,14,22,26H,4,12-13H2,1-3H3,(H,25,28)(H,27,29)/p+1/t22-/m1/s1. The van der Waals surface area contributed by atoms with Crippen molar-refractivity contribution >= 4 is 17.5 Å². The molecule has 2 amide bonds. The first-order valence-electron chi connectivity index (χ1n) is 9.74. The van der Waals surface area contributed by atoms with Gasteiger partial charge in [0.1, 0.15) is 6.04 Å². The van der Waals surface area contributed by atoms with Crippen molar-refractivity contribution < 1.29 is 23.7 Å². The maximum absolute atomic E-state index is 13.2. The summed E-state index contributed by atoms with van der Waals surface area (Å²) in [4.78, 5) is 24.0. The lowest BCUT2D eigenvalue weighted by Gasteiger charge is -2.19. The fourth-order valence-corrected chi connectivity index (χ4v) is 3.03. The van der Waals surface area contributed by atoms with Gasteiger partial charge >= 0.3 is 0 Å². The van der Waals surface area contributed by atoms with Gasteiger partial charge in [0.15, 0.2) is 18.2 Å². The summed E-state index contributed by atoms with van der Waals surface area (Å²) in [7, 11) is 0. The van der Waals surface area contributed by atoms with Gasteiger partial charge in [-0.1, -0.05) is 45.0 Å². The normalized spacial score (nSPS) is 11.9. The first-order valence-corrected chi connectivity index (χ1v) is 9.74. The second-order valence-electron chi connectivity index (χ2n) is 7.26. The Hall–Kier alpha value is -2.80. The highest BCUT2D eigenvalue weighted by Gasteiger charge is 2.20. The highest BCUT2D eigenvalue weighted by atomic mass is 19.2. The molecule has 0 aliphatic rings. The number of halogens is 2. The van der Waals surface area contributed by atoms with Crippen LogP contribution < -0.4 is 16.0 Å². The summed E-state index contributed by atoms with van der Waals surface area (Å²) in [6.45, 7) is 6.23. The summed E-state index contributed by atoms with van der Waals surface area (Å²) >= 11 is 0. The summed E-state index contributed by atoms with van der Waals surface area (Å²) in [5, 5.41) is 6.91. The van der Waals surface area contributed by atoms with Crippen LogP contribution in [0.1, 0.15) is 37.9 Å². The molecule has 2 rings (SSSR count). The van der Waals surface area contributed by atoms with Gasteiger partial charge in [-0.2, -0.15) is 0 Å². The van der Waals surface area contributed by atoms with Gasteiger partial charge in [0, 0.05) is 23.2 Å². The molecule has 2 aromatic rings. The van der Waals surface area contributed by atoms with E-state index in [-0.39, 0.29) is 30.7 Å². The van der Waals surface area contributed by atoms with Crippen LogP contribution in [0.4, 0.5) is 14.5 Å². The molecule has 0 fully saturated rings. The van der Waals surface area contributed by atoms with Crippen LogP contribution in [0, 0.1) is 17.6 Å². The molecule has 0 bridgehead atoms. The minimum absolute atomic E-state index is 0.127.